The molecule has 0 amide bonds. The number of aromatic nitrogens is 2. The monoisotopic (exact) mass is 209 g/mol. The topological polar surface area (TPSA) is 39.1 Å². The zero-order chi connectivity index (χ0) is 10.7. The van der Waals surface area contributed by atoms with E-state index in [2.05, 4.69) is 17.3 Å². The van der Waals surface area contributed by atoms with Crippen molar-refractivity contribution in [3.8, 4) is 5.88 Å². The van der Waals surface area contributed by atoms with Crippen molar-refractivity contribution in [1.82, 2.24) is 15.1 Å². The average Bonchev–Trinajstić information content (AvgIpc) is 2.87. The van der Waals surface area contributed by atoms with Crippen molar-refractivity contribution in [2.45, 2.75) is 38.8 Å². The predicted molar refractivity (Wildman–Crippen MR) is 59.2 cm³/mol. The molecule has 1 atom stereocenters. The average molecular weight is 209 g/mol. The number of nitrogens with one attached hydrogen (secondary N) is 1. The van der Waals surface area contributed by atoms with Crippen LogP contribution in [0.4, 0.5) is 0 Å². The lowest BCUT2D eigenvalue weighted by Crippen LogP contribution is -2.27. The Morgan fingerprint density at radius 3 is 3.13 bits per heavy atom. The van der Waals surface area contributed by atoms with E-state index in [0.29, 0.717) is 6.04 Å². The van der Waals surface area contributed by atoms with E-state index in [1.54, 1.807) is 7.11 Å². The van der Waals surface area contributed by atoms with Gasteiger partial charge in [-0.3, -0.25) is 0 Å². The number of ether oxygens (including phenoxy) is 1. The second kappa shape index (κ2) is 4.66. The molecule has 0 radical (unpaired) electrons. The van der Waals surface area contributed by atoms with Crippen molar-refractivity contribution in [1.29, 1.82) is 0 Å². The van der Waals surface area contributed by atoms with Gasteiger partial charge in [-0.05, 0) is 25.8 Å². The van der Waals surface area contributed by atoms with E-state index < -0.39 is 0 Å². The zero-order valence-corrected chi connectivity index (χ0v) is 9.49. The van der Waals surface area contributed by atoms with Crippen molar-refractivity contribution in [2.24, 2.45) is 0 Å². The van der Waals surface area contributed by atoms with Crippen LogP contribution in [0.3, 0.4) is 0 Å². The minimum Gasteiger partial charge on any atom is -0.481 e. The highest BCUT2D eigenvalue weighted by molar-refractivity contribution is 5.16. The maximum Gasteiger partial charge on any atom is 0.211 e. The van der Waals surface area contributed by atoms with Gasteiger partial charge in [-0.25, -0.2) is 4.68 Å². The Morgan fingerprint density at radius 2 is 2.53 bits per heavy atom. The van der Waals surface area contributed by atoms with E-state index >= 15 is 0 Å². The van der Waals surface area contributed by atoms with Gasteiger partial charge in [-0.1, -0.05) is 6.92 Å². The Kier molecular flexibility index (Phi) is 3.26. The zero-order valence-electron chi connectivity index (χ0n) is 9.49. The summed E-state index contributed by atoms with van der Waals surface area (Å²) in [6, 6.07) is 2.58. The number of hydrogen-bond donors (Lipinski definition) is 1. The van der Waals surface area contributed by atoms with Crippen LogP contribution in [0, 0.1) is 0 Å². The highest BCUT2D eigenvalue weighted by Crippen LogP contribution is 2.16. The first-order valence-corrected chi connectivity index (χ1v) is 5.67. The first-order chi connectivity index (χ1) is 7.33. The largest absolute Gasteiger partial charge is 0.481 e. The molecule has 1 fully saturated rings. The molecule has 1 aliphatic heterocycles. The molecule has 15 heavy (non-hydrogen) atoms. The van der Waals surface area contributed by atoms with E-state index in [1.165, 1.54) is 12.8 Å². The number of hydrogen-bond acceptors (Lipinski definition) is 3. The van der Waals surface area contributed by atoms with Crippen LogP contribution in [0.15, 0.2) is 6.07 Å². The summed E-state index contributed by atoms with van der Waals surface area (Å²) >= 11 is 0. The molecule has 4 nitrogen and oxygen atoms in total. The Bertz CT molecular complexity index is 316. The molecule has 2 rings (SSSR count). The summed E-state index contributed by atoms with van der Waals surface area (Å²) in [6.45, 7) is 4.16. The molecule has 1 N–H and O–H groups in total. The fourth-order valence-electron chi connectivity index (χ4n) is 2.04. The van der Waals surface area contributed by atoms with Crippen LogP contribution in [0.1, 0.15) is 25.5 Å². The molecular weight excluding hydrogens is 190 g/mol. The second-order valence-electron chi connectivity index (χ2n) is 4.01. The van der Waals surface area contributed by atoms with Crippen LogP contribution in [0.2, 0.25) is 0 Å². The normalized spacial score (nSPS) is 20.8. The van der Waals surface area contributed by atoms with Gasteiger partial charge in [0.25, 0.3) is 0 Å². The fraction of sp³-hybridized carbons (Fsp3) is 0.727. The maximum absolute atomic E-state index is 5.31. The van der Waals surface area contributed by atoms with Gasteiger partial charge in [-0.15, -0.1) is 0 Å². The lowest BCUT2D eigenvalue weighted by Gasteiger charge is -2.11. The van der Waals surface area contributed by atoms with E-state index in [1.807, 2.05) is 10.7 Å². The van der Waals surface area contributed by atoms with Crippen molar-refractivity contribution in [3.63, 3.8) is 0 Å². The summed E-state index contributed by atoms with van der Waals surface area (Å²) in [6.07, 6.45) is 3.47. The molecule has 0 bridgehead atoms. The standard InChI is InChI=1S/C11H19N3O/c1-3-9-7-11(15-2)14(13-9)8-10-5-4-6-12-10/h7,10,12H,3-6,8H2,1-2H3. The number of nitrogens with zero attached hydrogens (tertiary/aromatic N) is 2. The molecule has 0 saturated carbocycles. The first-order valence-electron chi connectivity index (χ1n) is 5.67. The molecular formula is C11H19N3O. The van der Waals surface area contributed by atoms with Crippen LogP contribution in [0.25, 0.3) is 0 Å². The summed E-state index contributed by atoms with van der Waals surface area (Å²) in [4.78, 5) is 0. The highest BCUT2D eigenvalue weighted by Gasteiger charge is 2.17. The summed E-state index contributed by atoms with van der Waals surface area (Å²) in [5.74, 6) is 0.876. The van der Waals surface area contributed by atoms with Crippen LogP contribution in [-0.2, 0) is 13.0 Å². The Balaban J connectivity index is 2.07. The molecule has 1 unspecified atom stereocenters. The third-order valence-electron chi connectivity index (χ3n) is 2.92. The molecule has 1 aromatic rings. The van der Waals surface area contributed by atoms with E-state index in [4.69, 9.17) is 4.74 Å². The fourth-order valence-corrected chi connectivity index (χ4v) is 2.04. The van der Waals surface area contributed by atoms with Crippen molar-refractivity contribution < 1.29 is 4.74 Å². The summed E-state index contributed by atoms with van der Waals surface area (Å²) in [5, 5.41) is 7.98. The maximum atomic E-state index is 5.31. The minimum atomic E-state index is 0.559. The van der Waals surface area contributed by atoms with Gasteiger partial charge in [0.1, 0.15) is 0 Å². The van der Waals surface area contributed by atoms with Gasteiger partial charge in [0.05, 0.1) is 19.3 Å². The molecule has 1 saturated heterocycles. The number of rotatable bonds is 4. The SMILES string of the molecule is CCc1cc(OC)n(CC2CCCN2)n1. The van der Waals surface area contributed by atoms with Crippen LogP contribution >= 0.6 is 0 Å². The molecule has 2 heterocycles. The number of aryl methyl sites for hydroxylation is 1. The van der Waals surface area contributed by atoms with Crippen LogP contribution < -0.4 is 10.1 Å². The van der Waals surface area contributed by atoms with Gasteiger partial charge >= 0.3 is 0 Å². The molecule has 0 aliphatic carbocycles. The van der Waals surface area contributed by atoms with Crippen LogP contribution in [0.5, 0.6) is 5.88 Å². The number of methoxy groups -OCH3 is 1. The Morgan fingerprint density at radius 1 is 1.67 bits per heavy atom. The lowest BCUT2D eigenvalue weighted by molar-refractivity contribution is 0.344. The summed E-state index contributed by atoms with van der Waals surface area (Å²) in [7, 11) is 1.70. The molecule has 1 aliphatic rings. The predicted octanol–water partition coefficient (Wildman–Crippen LogP) is 1.21. The lowest BCUT2D eigenvalue weighted by atomic mass is 10.2. The van der Waals surface area contributed by atoms with Crippen LogP contribution in [-0.4, -0.2) is 29.5 Å². The Labute approximate surface area is 90.6 Å². The van der Waals surface area contributed by atoms with Gasteiger partial charge in [0, 0.05) is 12.1 Å². The van der Waals surface area contributed by atoms with Gasteiger partial charge < -0.3 is 10.1 Å². The van der Waals surface area contributed by atoms with Crippen molar-refractivity contribution >= 4 is 0 Å². The van der Waals surface area contributed by atoms with E-state index in [0.717, 1.165) is 31.1 Å². The summed E-state index contributed by atoms with van der Waals surface area (Å²) in [5.41, 5.74) is 1.10. The molecule has 84 valence electrons. The molecule has 0 spiro atoms. The van der Waals surface area contributed by atoms with E-state index in [9.17, 15) is 0 Å². The first kappa shape index (κ1) is 10.5. The highest BCUT2D eigenvalue weighted by atomic mass is 16.5. The molecule has 4 heteroatoms. The van der Waals surface area contributed by atoms with Gasteiger partial charge in [-0.2, -0.15) is 5.10 Å². The molecule has 1 aromatic heterocycles. The quantitative estimate of drug-likeness (QED) is 0.810. The second-order valence-corrected chi connectivity index (χ2v) is 4.01. The third kappa shape index (κ3) is 2.31. The minimum absolute atomic E-state index is 0.559. The smallest absolute Gasteiger partial charge is 0.211 e. The van der Waals surface area contributed by atoms with Crippen molar-refractivity contribution in [2.75, 3.05) is 13.7 Å². The van der Waals surface area contributed by atoms with Gasteiger partial charge in [0.15, 0.2) is 0 Å². The molecule has 0 aromatic carbocycles. The van der Waals surface area contributed by atoms with Gasteiger partial charge in [0.2, 0.25) is 5.88 Å². The van der Waals surface area contributed by atoms with E-state index in [-0.39, 0.29) is 0 Å². The Hall–Kier alpha value is -1.03. The third-order valence-corrected chi connectivity index (χ3v) is 2.92. The van der Waals surface area contributed by atoms with Crippen molar-refractivity contribution in [3.05, 3.63) is 11.8 Å². The summed E-state index contributed by atoms with van der Waals surface area (Å²) < 4.78 is 7.28.